The van der Waals surface area contributed by atoms with Gasteiger partial charge in [0, 0.05) is 23.2 Å². The molecule has 1 heterocycles. The van der Waals surface area contributed by atoms with Crippen LogP contribution in [0.25, 0.3) is 0 Å². The molecule has 0 unspecified atom stereocenters. The number of hydrogen-bond acceptors (Lipinski definition) is 3. The highest BCUT2D eigenvalue weighted by Crippen LogP contribution is 2.37. The van der Waals surface area contributed by atoms with Crippen LogP contribution >= 0.6 is 11.3 Å². The molecule has 1 N–H and O–H groups in total. The summed E-state index contributed by atoms with van der Waals surface area (Å²) in [6, 6.07) is 29.8. The van der Waals surface area contributed by atoms with Gasteiger partial charge in [-0.2, -0.15) is 0 Å². The second-order valence-corrected chi connectivity index (χ2v) is 6.70. The van der Waals surface area contributed by atoms with Crippen molar-refractivity contribution in [2.75, 3.05) is 5.32 Å². The van der Waals surface area contributed by atoms with Crippen LogP contribution in [-0.4, -0.2) is 4.98 Å². The van der Waals surface area contributed by atoms with Gasteiger partial charge in [-0.1, -0.05) is 78.9 Å². The van der Waals surface area contributed by atoms with Crippen LogP contribution in [0, 0.1) is 0 Å². The van der Waals surface area contributed by atoms with Crippen molar-refractivity contribution >= 4 is 22.2 Å². The minimum atomic E-state index is 0.172. The van der Waals surface area contributed by atoms with Crippen LogP contribution in [-0.2, 0) is 0 Å². The van der Waals surface area contributed by atoms with E-state index in [4.69, 9.17) is 0 Å². The third kappa shape index (κ3) is 3.47. The Bertz CT molecular complexity index is 879. The fourth-order valence-electron chi connectivity index (χ4n) is 3.11. The van der Waals surface area contributed by atoms with Crippen LogP contribution in [0.3, 0.4) is 0 Å². The molecule has 0 saturated heterocycles. The molecule has 0 aliphatic heterocycles. The molecule has 1 aromatic heterocycles. The summed E-state index contributed by atoms with van der Waals surface area (Å²) >= 11 is 1.61. The molecule has 25 heavy (non-hydrogen) atoms. The van der Waals surface area contributed by atoms with E-state index in [0.717, 1.165) is 10.8 Å². The molecule has 0 aliphatic carbocycles. The lowest BCUT2D eigenvalue weighted by Gasteiger charge is -2.22. The summed E-state index contributed by atoms with van der Waals surface area (Å²) in [5.41, 5.74) is 4.90. The molecule has 0 radical (unpaired) electrons. The van der Waals surface area contributed by atoms with E-state index in [9.17, 15) is 0 Å². The van der Waals surface area contributed by atoms with Crippen molar-refractivity contribution in [3.05, 3.63) is 113 Å². The molecule has 0 saturated carbocycles. The van der Waals surface area contributed by atoms with Gasteiger partial charge in [0.2, 0.25) is 0 Å². The van der Waals surface area contributed by atoms with Gasteiger partial charge in [0.05, 0.1) is 0 Å². The minimum absolute atomic E-state index is 0.172. The third-order valence-corrected chi connectivity index (χ3v) is 4.90. The Balaban J connectivity index is 1.83. The first kappa shape index (κ1) is 15.6. The van der Waals surface area contributed by atoms with Crippen molar-refractivity contribution in [3.8, 4) is 0 Å². The van der Waals surface area contributed by atoms with Gasteiger partial charge in [-0.15, -0.1) is 11.3 Å². The molecule has 0 spiro atoms. The van der Waals surface area contributed by atoms with Gasteiger partial charge in [0.15, 0.2) is 5.13 Å². The molecule has 0 atom stereocenters. The van der Waals surface area contributed by atoms with Crippen molar-refractivity contribution < 1.29 is 0 Å². The number of anilines is 2. The van der Waals surface area contributed by atoms with E-state index in [-0.39, 0.29) is 5.92 Å². The Morgan fingerprint density at radius 3 is 1.92 bits per heavy atom. The van der Waals surface area contributed by atoms with E-state index in [0.29, 0.717) is 0 Å². The Kier molecular flexibility index (Phi) is 4.57. The van der Waals surface area contributed by atoms with Crippen LogP contribution < -0.4 is 5.32 Å². The van der Waals surface area contributed by atoms with E-state index in [2.05, 4.69) is 95.2 Å². The van der Waals surface area contributed by atoms with Crippen LogP contribution in [0.5, 0.6) is 0 Å². The van der Waals surface area contributed by atoms with Gasteiger partial charge in [-0.05, 0) is 22.8 Å². The standard InChI is InChI=1S/C22H18N2S/c1-3-9-17(10-4-1)21(18-11-5-2-6-12-18)19-13-7-8-14-20(19)24-22-23-15-16-25-22/h1-16,21H,(H,23,24). The summed E-state index contributed by atoms with van der Waals surface area (Å²) < 4.78 is 0. The molecule has 0 bridgehead atoms. The highest BCUT2D eigenvalue weighted by Gasteiger charge is 2.19. The number of thiazole rings is 1. The number of rotatable bonds is 5. The summed E-state index contributed by atoms with van der Waals surface area (Å²) in [6.07, 6.45) is 1.82. The quantitative estimate of drug-likeness (QED) is 0.445. The van der Waals surface area contributed by atoms with Gasteiger partial charge in [-0.25, -0.2) is 4.98 Å². The van der Waals surface area contributed by atoms with Crippen LogP contribution in [0.1, 0.15) is 22.6 Å². The van der Waals surface area contributed by atoms with E-state index in [1.54, 1.807) is 11.3 Å². The maximum absolute atomic E-state index is 4.36. The Morgan fingerprint density at radius 1 is 0.720 bits per heavy atom. The lowest BCUT2D eigenvalue weighted by molar-refractivity contribution is 0.979. The van der Waals surface area contributed by atoms with Gasteiger partial charge in [0.25, 0.3) is 0 Å². The minimum Gasteiger partial charge on any atom is -0.331 e. The van der Waals surface area contributed by atoms with Crippen LogP contribution in [0.15, 0.2) is 96.5 Å². The Hall–Kier alpha value is -2.91. The lowest BCUT2D eigenvalue weighted by Crippen LogP contribution is -2.06. The van der Waals surface area contributed by atoms with Gasteiger partial charge in [-0.3, -0.25) is 0 Å². The molecule has 4 rings (SSSR count). The largest absolute Gasteiger partial charge is 0.331 e. The zero-order valence-electron chi connectivity index (χ0n) is 13.7. The monoisotopic (exact) mass is 342 g/mol. The second-order valence-electron chi connectivity index (χ2n) is 5.80. The number of nitrogens with zero attached hydrogens (tertiary/aromatic N) is 1. The molecule has 0 fully saturated rings. The predicted molar refractivity (Wildman–Crippen MR) is 106 cm³/mol. The molecule has 122 valence electrons. The van der Waals surface area contributed by atoms with E-state index < -0.39 is 0 Å². The van der Waals surface area contributed by atoms with Gasteiger partial charge in [0.1, 0.15) is 0 Å². The zero-order chi connectivity index (χ0) is 16.9. The molecule has 2 nitrogen and oxygen atoms in total. The van der Waals surface area contributed by atoms with Crippen molar-refractivity contribution in [3.63, 3.8) is 0 Å². The van der Waals surface area contributed by atoms with E-state index in [1.807, 2.05) is 11.6 Å². The first-order valence-electron chi connectivity index (χ1n) is 8.27. The Labute approximate surface area is 151 Å². The second kappa shape index (κ2) is 7.32. The summed E-state index contributed by atoms with van der Waals surface area (Å²) in [5.74, 6) is 0.172. The van der Waals surface area contributed by atoms with E-state index in [1.165, 1.54) is 16.7 Å². The van der Waals surface area contributed by atoms with Crippen molar-refractivity contribution in [1.82, 2.24) is 4.98 Å². The molecular weight excluding hydrogens is 324 g/mol. The average Bonchev–Trinajstić information content (AvgIpc) is 3.18. The summed E-state index contributed by atoms with van der Waals surface area (Å²) in [7, 11) is 0. The average molecular weight is 342 g/mol. The lowest BCUT2D eigenvalue weighted by atomic mass is 9.84. The highest BCUT2D eigenvalue weighted by molar-refractivity contribution is 7.13. The Morgan fingerprint density at radius 2 is 1.32 bits per heavy atom. The van der Waals surface area contributed by atoms with Crippen molar-refractivity contribution in [1.29, 1.82) is 0 Å². The number of nitrogens with one attached hydrogen (secondary N) is 1. The fourth-order valence-corrected chi connectivity index (χ4v) is 3.65. The molecular formula is C22H18N2S. The predicted octanol–water partition coefficient (Wildman–Crippen LogP) is 6.07. The fraction of sp³-hybridized carbons (Fsp3) is 0.0455. The van der Waals surface area contributed by atoms with Gasteiger partial charge < -0.3 is 5.32 Å². The molecule has 0 aliphatic rings. The number of para-hydroxylation sites is 1. The molecule has 0 amide bonds. The van der Waals surface area contributed by atoms with E-state index >= 15 is 0 Å². The summed E-state index contributed by atoms with van der Waals surface area (Å²) in [4.78, 5) is 4.36. The maximum Gasteiger partial charge on any atom is 0.187 e. The van der Waals surface area contributed by atoms with Crippen LogP contribution in [0.2, 0.25) is 0 Å². The normalized spacial score (nSPS) is 10.8. The summed E-state index contributed by atoms with van der Waals surface area (Å²) in [5, 5.41) is 6.37. The highest BCUT2D eigenvalue weighted by atomic mass is 32.1. The maximum atomic E-state index is 4.36. The van der Waals surface area contributed by atoms with Crippen LogP contribution in [0.4, 0.5) is 10.8 Å². The smallest absolute Gasteiger partial charge is 0.187 e. The van der Waals surface area contributed by atoms with Gasteiger partial charge >= 0.3 is 0 Å². The molecule has 3 aromatic carbocycles. The number of benzene rings is 3. The topological polar surface area (TPSA) is 24.9 Å². The third-order valence-electron chi connectivity index (χ3n) is 4.21. The van der Waals surface area contributed by atoms with Crippen molar-refractivity contribution in [2.24, 2.45) is 0 Å². The molecule has 3 heteroatoms. The first-order valence-corrected chi connectivity index (χ1v) is 9.15. The first-order chi connectivity index (χ1) is 12.4. The number of hydrogen-bond donors (Lipinski definition) is 1. The zero-order valence-corrected chi connectivity index (χ0v) is 14.5. The molecule has 4 aromatic rings. The SMILES string of the molecule is c1ccc(C(c2ccccc2)c2ccccc2Nc2nccs2)cc1. The number of aromatic nitrogens is 1. The van der Waals surface area contributed by atoms with Crippen molar-refractivity contribution in [2.45, 2.75) is 5.92 Å². The summed E-state index contributed by atoms with van der Waals surface area (Å²) in [6.45, 7) is 0.